The predicted octanol–water partition coefficient (Wildman–Crippen LogP) is 2.78. The highest BCUT2D eigenvalue weighted by atomic mass is 32.3. The van der Waals surface area contributed by atoms with E-state index in [1.807, 2.05) is 6.08 Å². The molecule has 0 fully saturated rings. The van der Waals surface area contributed by atoms with Gasteiger partial charge in [0.1, 0.15) is 0 Å². The average molecular weight is 481 g/mol. The van der Waals surface area contributed by atoms with E-state index in [4.69, 9.17) is 0 Å². The number of alkyl halides is 6. The quantitative estimate of drug-likeness (QED) is 0.651. The van der Waals surface area contributed by atoms with Gasteiger partial charge >= 0.3 is 31.1 Å². The summed E-state index contributed by atoms with van der Waals surface area (Å²) in [6.45, 7) is 5.69. The molecular weight excluding hydrogens is 464 g/mol. The lowest BCUT2D eigenvalue weighted by molar-refractivity contribution is -0.0476. The van der Waals surface area contributed by atoms with Gasteiger partial charge in [-0.05, 0) is 11.1 Å². The van der Waals surface area contributed by atoms with E-state index in [2.05, 4.69) is 60.1 Å². The van der Waals surface area contributed by atoms with Crippen LogP contribution in [-0.2, 0) is 26.6 Å². The van der Waals surface area contributed by atoms with Gasteiger partial charge in [-0.2, -0.15) is 26.3 Å². The van der Waals surface area contributed by atoms with E-state index in [0.717, 1.165) is 13.2 Å². The van der Waals surface area contributed by atoms with Crippen LogP contribution >= 0.6 is 0 Å². The van der Waals surface area contributed by atoms with Gasteiger partial charge in [-0.15, -0.1) is 0 Å². The minimum Gasteiger partial charge on any atom is -0.362 e. The molecule has 2 rings (SSSR count). The summed E-state index contributed by atoms with van der Waals surface area (Å²) in [5.41, 5.74) is -9.79. The highest BCUT2D eigenvalue weighted by Gasteiger charge is 2.55. The zero-order chi connectivity index (χ0) is 23.4. The molecule has 0 aromatic heterocycles. The number of nitrogens with zero attached hydrogens (tertiary/aromatic N) is 2. The normalized spacial score (nSPS) is 15.0. The summed E-state index contributed by atoms with van der Waals surface area (Å²) in [4.78, 5) is 4.45. The van der Waals surface area contributed by atoms with Crippen LogP contribution in [0.1, 0.15) is 11.1 Å². The fourth-order valence-corrected chi connectivity index (χ4v) is 3.84. The van der Waals surface area contributed by atoms with Crippen molar-refractivity contribution < 1.29 is 43.2 Å². The average Bonchev–Trinajstić information content (AvgIpc) is 2.98. The van der Waals surface area contributed by atoms with Gasteiger partial charge in [0, 0.05) is 26.0 Å². The van der Waals surface area contributed by atoms with Gasteiger partial charge in [0.15, 0.2) is 0 Å². The van der Waals surface area contributed by atoms with E-state index in [9.17, 15) is 43.2 Å². The molecule has 1 aliphatic heterocycles. The SMILES string of the molecule is C=Cc1ccc(CN2C=CN(C)C2)cc1.O=S(=O)(NS(=O)(=O)C(F)(F)F)C(F)(F)F. The van der Waals surface area contributed by atoms with E-state index in [1.165, 1.54) is 11.1 Å². The molecule has 0 unspecified atom stereocenters. The van der Waals surface area contributed by atoms with E-state index >= 15 is 0 Å². The Bertz CT molecular complexity index is 929. The molecule has 1 aromatic rings. The van der Waals surface area contributed by atoms with Crippen LogP contribution in [0, 0.1) is 0 Å². The van der Waals surface area contributed by atoms with Crippen LogP contribution in [0.5, 0.6) is 0 Å². The maximum absolute atomic E-state index is 11.5. The first kappa shape index (κ1) is 25.8. The van der Waals surface area contributed by atoms with Crippen LogP contribution in [-0.4, -0.2) is 51.4 Å². The molecule has 0 amide bonds. The van der Waals surface area contributed by atoms with Crippen LogP contribution in [0.4, 0.5) is 26.3 Å². The number of rotatable bonds is 5. The predicted molar refractivity (Wildman–Crippen MR) is 96.9 cm³/mol. The summed E-state index contributed by atoms with van der Waals surface area (Å²) in [6, 6.07) is 8.52. The molecule has 170 valence electrons. The number of sulfonamides is 2. The molecule has 7 nitrogen and oxygen atoms in total. The summed E-state index contributed by atoms with van der Waals surface area (Å²) < 4.78 is 108. The molecule has 0 atom stereocenters. The van der Waals surface area contributed by atoms with Crippen molar-refractivity contribution in [2.45, 2.75) is 17.6 Å². The van der Waals surface area contributed by atoms with Gasteiger partial charge in [0.25, 0.3) is 0 Å². The van der Waals surface area contributed by atoms with E-state index in [0.29, 0.717) is 0 Å². The molecule has 0 bridgehead atoms. The van der Waals surface area contributed by atoms with Crippen molar-refractivity contribution in [1.82, 2.24) is 13.9 Å². The summed E-state index contributed by atoms with van der Waals surface area (Å²) in [6.07, 6.45) is 6.09. The van der Waals surface area contributed by atoms with Gasteiger partial charge in [-0.3, -0.25) is 0 Å². The fourth-order valence-electron chi connectivity index (χ4n) is 1.92. The van der Waals surface area contributed by atoms with Gasteiger partial charge in [0.2, 0.25) is 0 Å². The number of benzene rings is 1. The Morgan fingerprint density at radius 1 is 0.967 bits per heavy atom. The number of halogens is 6. The molecule has 1 aliphatic rings. The van der Waals surface area contributed by atoms with Crippen molar-refractivity contribution in [3.63, 3.8) is 0 Å². The zero-order valence-electron chi connectivity index (χ0n) is 15.3. The summed E-state index contributed by atoms with van der Waals surface area (Å²) in [5.74, 6) is 0. The van der Waals surface area contributed by atoms with Crippen molar-refractivity contribution in [3.8, 4) is 0 Å². The molecular formula is C15H17F6N3O4S2. The molecule has 1 aromatic carbocycles. The molecule has 0 spiro atoms. The zero-order valence-corrected chi connectivity index (χ0v) is 16.9. The summed E-state index contributed by atoms with van der Waals surface area (Å²) in [7, 11) is -11.1. The molecule has 15 heteroatoms. The first-order valence-electron chi connectivity index (χ1n) is 7.73. The van der Waals surface area contributed by atoms with Crippen LogP contribution < -0.4 is 4.13 Å². The molecule has 0 radical (unpaired) electrons. The minimum absolute atomic E-state index is 0.493. The number of hydrogen-bond acceptors (Lipinski definition) is 6. The van der Waals surface area contributed by atoms with Crippen molar-refractivity contribution in [2.75, 3.05) is 13.7 Å². The van der Waals surface area contributed by atoms with Crippen molar-refractivity contribution in [3.05, 3.63) is 54.4 Å². The van der Waals surface area contributed by atoms with Gasteiger partial charge in [-0.25, -0.2) is 16.8 Å². The van der Waals surface area contributed by atoms with Gasteiger partial charge in [-0.1, -0.05) is 41.0 Å². The first-order chi connectivity index (χ1) is 13.5. The lowest BCUT2D eigenvalue weighted by Crippen LogP contribution is -2.45. The largest absolute Gasteiger partial charge is 0.512 e. The van der Waals surface area contributed by atoms with Crippen LogP contribution in [0.15, 0.2) is 43.2 Å². The van der Waals surface area contributed by atoms with E-state index in [-0.39, 0.29) is 0 Å². The Balaban J connectivity index is 0.000000300. The van der Waals surface area contributed by atoms with Gasteiger partial charge in [0.05, 0.1) is 6.67 Å². The molecule has 30 heavy (non-hydrogen) atoms. The van der Waals surface area contributed by atoms with E-state index < -0.39 is 35.2 Å². The second-order valence-corrected chi connectivity index (χ2v) is 9.48. The standard InChI is InChI=1S/C13H16N2.C2HF6NO4S2/c1-3-12-4-6-13(7-5-12)10-15-9-8-14(2)11-15;3-1(4,5)14(10,11)9-15(12,13)2(6,7)8/h3-9H,1,10-11H2,2H3;9H. The molecule has 1 N–H and O–H groups in total. The van der Waals surface area contributed by atoms with Crippen LogP contribution in [0.3, 0.4) is 0 Å². The summed E-state index contributed by atoms with van der Waals surface area (Å²) >= 11 is 0. The third kappa shape index (κ3) is 7.21. The molecule has 0 aliphatic carbocycles. The first-order valence-corrected chi connectivity index (χ1v) is 10.7. The maximum atomic E-state index is 11.5. The Morgan fingerprint density at radius 2 is 1.43 bits per heavy atom. The lowest BCUT2D eigenvalue weighted by atomic mass is 10.1. The second-order valence-electron chi connectivity index (χ2n) is 5.87. The van der Waals surface area contributed by atoms with Gasteiger partial charge < -0.3 is 9.80 Å². The summed E-state index contributed by atoms with van der Waals surface area (Å²) in [5, 5.41) is 0. The van der Waals surface area contributed by atoms with Crippen LogP contribution in [0.2, 0.25) is 0 Å². The Kier molecular flexibility index (Phi) is 7.96. The molecule has 0 saturated heterocycles. The van der Waals surface area contributed by atoms with Crippen molar-refractivity contribution in [1.29, 1.82) is 0 Å². The topological polar surface area (TPSA) is 86.8 Å². The third-order valence-electron chi connectivity index (χ3n) is 3.37. The second kappa shape index (κ2) is 9.26. The molecule has 0 saturated carbocycles. The monoisotopic (exact) mass is 481 g/mol. The van der Waals surface area contributed by atoms with Crippen LogP contribution in [0.25, 0.3) is 6.08 Å². The lowest BCUT2D eigenvalue weighted by Gasteiger charge is -2.18. The minimum atomic E-state index is -6.60. The van der Waals surface area contributed by atoms with Crippen molar-refractivity contribution >= 4 is 26.1 Å². The number of hydrogen-bond donors (Lipinski definition) is 1. The van der Waals surface area contributed by atoms with Crippen molar-refractivity contribution in [2.24, 2.45) is 0 Å². The maximum Gasteiger partial charge on any atom is 0.512 e. The smallest absolute Gasteiger partial charge is 0.362 e. The highest BCUT2D eigenvalue weighted by Crippen LogP contribution is 2.27. The number of nitrogens with one attached hydrogen (secondary N) is 1. The Labute approximate surface area is 169 Å². The fraction of sp³-hybridized carbons (Fsp3) is 0.333. The van der Waals surface area contributed by atoms with E-state index in [1.54, 1.807) is 0 Å². The Morgan fingerprint density at radius 3 is 1.77 bits per heavy atom. The Hall–Kier alpha value is -2.26. The highest BCUT2D eigenvalue weighted by molar-refractivity contribution is 8.05. The molecule has 1 heterocycles. The third-order valence-corrected chi connectivity index (χ3v) is 6.34.